The molecule has 0 saturated carbocycles. The maximum Gasteiger partial charge on any atom is 0.254 e. The Morgan fingerprint density at radius 3 is 2.38 bits per heavy atom. The van der Waals surface area contributed by atoms with Gasteiger partial charge in [0.15, 0.2) is 0 Å². The molecule has 0 bridgehead atoms. The second-order valence-corrected chi connectivity index (χ2v) is 5.53. The minimum Gasteiger partial charge on any atom is -0.497 e. The van der Waals surface area contributed by atoms with Crippen LogP contribution >= 0.6 is 0 Å². The Kier molecular flexibility index (Phi) is 6.62. The van der Waals surface area contributed by atoms with Crippen molar-refractivity contribution in [2.45, 2.75) is 39.8 Å². The van der Waals surface area contributed by atoms with Crippen LogP contribution in [-0.2, 0) is 0 Å². The number of nitrogens with one attached hydrogen (secondary N) is 1. The fraction of sp³-hybridized carbons (Fsp3) is 0.562. The molecule has 0 aliphatic rings. The van der Waals surface area contributed by atoms with Gasteiger partial charge in [0.05, 0.1) is 12.7 Å². The maximum atomic E-state index is 13.8. The summed E-state index contributed by atoms with van der Waals surface area (Å²) in [5, 5.41) is 2.76. The standard InChI is InChI=1S/C16H25FN2O2/c1-11(2)19(12(3)4)9-8-18-16(20)14-7-6-13(21-5)10-15(14)17/h6-7,10-12H,8-9H2,1-5H3,(H,18,20). The van der Waals surface area contributed by atoms with Crippen molar-refractivity contribution >= 4 is 5.91 Å². The Labute approximate surface area is 126 Å². The molecule has 0 unspecified atom stereocenters. The predicted octanol–water partition coefficient (Wildman–Crippen LogP) is 2.68. The summed E-state index contributed by atoms with van der Waals surface area (Å²) in [5.41, 5.74) is 0.0384. The summed E-state index contributed by atoms with van der Waals surface area (Å²) in [4.78, 5) is 14.2. The van der Waals surface area contributed by atoms with Gasteiger partial charge in [0, 0.05) is 31.2 Å². The number of nitrogens with zero attached hydrogens (tertiary/aromatic N) is 1. The highest BCUT2D eigenvalue weighted by molar-refractivity contribution is 5.94. The molecule has 118 valence electrons. The number of amides is 1. The highest BCUT2D eigenvalue weighted by Gasteiger charge is 2.15. The van der Waals surface area contributed by atoms with Gasteiger partial charge >= 0.3 is 0 Å². The lowest BCUT2D eigenvalue weighted by Crippen LogP contribution is -2.42. The van der Waals surface area contributed by atoms with Gasteiger partial charge in [-0.1, -0.05) is 0 Å². The summed E-state index contributed by atoms with van der Waals surface area (Å²) in [6.45, 7) is 9.69. The molecule has 0 heterocycles. The van der Waals surface area contributed by atoms with Crippen LogP contribution in [0.5, 0.6) is 5.75 Å². The van der Waals surface area contributed by atoms with E-state index >= 15 is 0 Å². The molecule has 0 fully saturated rings. The van der Waals surface area contributed by atoms with Crippen molar-refractivity contribution in [2.75, 3.05) is 20.2 Å². The van der Waals surface area contributed by atoms with E-state index in [-0.39, 0.29) is 5.56 Å². The number of carbonyl (C=O) groups excluding carboxylic acids is 1. The molecule has 1 rings (SSSR count). The molecule has 0 aliphatic heterocycles. The average molecular weight is 296 g/mol. The van der Waals surface area contributed by atoms with Gasteiger partial charge in [0.1, 0.15) is 11.6 Å². The highest BCUT2D eigenvalue weighted by Crippen LogP contribution is 2.16. The van der Waals surface area contributed by atoms with Crippen LogP contribution < -0.4 is 10.1 Å². The van der Waals surface area contributed by atoms with Crippen molar-refractivity contribution in [1.82, 2.24) is 10.2 Å². The number of hydrogen-bond acceptors (Lipinski definition) is 3. The smallest absolute Gasteiger partial charge is 0.254 e. The summed E-state index contributed by atoms with van der Waals surface area (Å²) in [5.74, 6) is -0.575. The molecule has 0 atom stereocenters. The molecule has 4 nitrogen and oxygen atoms in total. The van der Waals surface area contributed by atoms with E-state index in [1.54, 1.807) is 6.07 Å². The SMILES string of the molecule is COc1ccc(C(=O)NCCN(C(C)C)C(C)C)c(F)c1. The minimum absolute atomic E-state index is 0.0384. The third-order valence-corrected chi connectivity index (χ3v) is 3.40. The molecular formula is C16H25FN2O2. The van der Waals surface area contributed by atoms with E-state index in [0.29, 0.717) is 24.4 Å². The number of ether oxygens (including phenoxy) is 1. The average Bonchev–Trinajstić information content (AvgIpc) is 2.42. The largest absolute Gasteiger partial charge is 0.497 e. The van der Waals surface area contributed by atoms with E-state index in [0.717, 1.165) is 6.54 Å². The molecule has 0 saturated heterocycles. The Bertz CT molecular complexity index is 467. The number of rotatable bonds is 7. The van der Waals surface area contributed by atoms with Gasteiger partial charge < -0.3 is 10.1 Å². The molecular weight excluding hydrogens is 271 g/mol. The topological polar surface area (TPSA) is 41.6 Å². The summed E-state index contributed by atoms with van der Waals surface area (Å²) >= 11 is 0. The number of halogens is 1. The van der Waals surface area contributed by atoms with Crippen LogP contribution in [0.3, 0.4) is 0 Å². The second kappa shape index (κ2) is 7.98. The second-order valence-electron chi connectivity index (χ2n) is 5.53. The third-order valence-electron chi connectivity index (χ3n) is 3.40. The van der Waals surface area contributed by atoms with Crippen molar-refractivity contribution in [2.24, 2.45) is 0 Å². The normalized spacial score (nSPS) is 11.3. The van der Waals surface area contributed by atoms with E-state index in [2.05, 4.69) is 37.9 Å². The van der Waals surface area contributed by atoms with Gasteiger partial charge in [-0.2, -0.15) is 0 Å². The fourth-order valence-corrected chi connectivity index (χ4v) is 2.31. The first kappa shape index (κ1) is 17.4. The van der Waals surface area contributed by atoms with E-state index in [1.165, 1.54) is 19.2 Å². The zero-order chi connectivity index (χ0) is 16.0. The molecule has 5 heteroatoms. The molecule has 1 aromatic carbocycles. The lowest BCUT2D eigenvalue weighted by atomic mass is 10.2. The van der Waals surface area contributed by atoms with Crippen molar-refractivity contribution < 1.29 is 13.9 Å². The van der Waals surface area contributed by atoms with E-state index in [4.69, 9.17) is 4.74 Å². The molecule has 1 N–H and O–H groups in total. The van der Waals surface area contributed by atoms with Crippen LogP contribution in [0.15, 0.2) is 18.2 Å². The first-order chi connectivity index (χ1) is 9.86. The Balaban J connectivity index is 2.58. The molecule has 0 radical (unpaired) electrons. The number of methoxy groups -OCH3 is 1. The fourth-order valence-electron chi connectivity index (χ4n) is 2.31. The van der Waals surface area contributed by atoms with Crippen LogP contribution in [0.4, 0.5) is 4.39 Å². The third kappa shape index (κ3) is 5.01. The van der Waals surface area contributed by atoms with Crippen LogP contribution in [0.2, 0.25) is 0 Å². The molecule has 1 amide bonds. The maximum absolute atomic E-state index is 13.8. The number of benzene rings is 1. The Hall–Kier alpha value is -1.62. The summed E-state index contributed by atoms with van der Waals surface area (Å²) in [6, 6.07) is 5.03. The summed E-state index contributed by atoms with van der Waals surface area (Å²) < 4.78 is 18.7. The van der Waals surface area contributed by atoms with Crippen molar-refractivity contribution in [1.29, 1.82) is 0 Å². The van der Waals surface area contributed by atoms with Crippen molar-refractivity contribution in [3.63, 3.8) is 0 Å². The van der Waals surface area contributed by atoms with Crippen LogP contribution in [-0.4, -0.2) is 43.1 Å². The lowest BCUT2D eigenvalue weighted by molar-refractivity contribution is 0.0935. The van der Waals surface area contributed by atoms with Gasteiger partial charge in [-0.05, 0) is 39.8 Å². The van der Waals surface area contributed by atoms with E-state index in [1.807, 2.05) is 0 Å². The monoisotopic (exact) mass is 296 g/mol. The van der Waals surface area contributed by atoms with Gasteiger partial charge in [-0.15, -0.1) is 0 Å². The summed E-state index contributed by atoms with van der Waals surface area (Å²) in [6.07, 6.45) is 0. The highest BCUT2D eigenvalue weighted by atomic mass is 19.1. The van der Waals surface area contributed by atoms with Crippen molar-refractivity contribution in [3.8, 4) is 5.75 Å². The quantitative estimate of drug-likeness (QED) is 0.841. The zero-order valence-corrected chi connectivity index (χ0v) is 13.4. The molecule has 0 aliphatic carbocycles. The summed E-state index contributed by atoms with van der Waals surface area (Å²) in [7, 11) is 1.46. The Morgan fingerprint density at radius 1 is 1.29 bits per heavy atom. The van der Waals surface area contributed by atoms with Crippen LogP contribution in [0.1, 0.15) is 38.1 Å². The van der Waals surface area contributed by atoms with Gasteiger partial charge in [-0.25, -0.2) is 4.39 Å². The van der Waals surface area contributed by atoms with E-state index < -0.39 is 11.7 Å². The van der Waals surface area contributed by atoms with Gasteiger partial charge in [0.2, 0.25) is 0 Å². The Morgan fingerprint density at radius 2 is 1.90 bits per heavy atom. The van der Waals surface area contributed by atoms with Crippen LogP contribution in [0, 0.1) is 5.82 Å². The number of hydrogen-bond donors (Lipinski definition) is 1. The van der Waals surface area contributed by atoms with Gasteiger partial charge in [-0.3, -0.25) is 9.69 Å². The minimum atomic E-state index is -0.573. The molecule has 21 heavy (non-hydrogen) atoms. The first-order valence-corrected chi connectivity index (χ1v) is 7.24. The van der Waals surface area contributed by atoms with Gasteiger partial charge in [0.25, 0.3) is 5.91 Å². The van der Waals surface area contributed by atoms with Crippen LogP contribution in [0.25, 0.3) is 0 Å². The number of carbonyl (C=O) groups is 1. The zero-order valence-electron chi connectivity index (χ0n) is 13.4. The van der Waals surface area contributed by atoms with E-state index in [9.17, 15) is 9.18 Å². The molecule has 1 aromatic rings. The lowest BCUT2D eigenvalue weighted by Gasteiger charge is -2.30. The predicted molar refractivity (Wildman–Crippen MR) is 82.3 cm³/mol. The molecule has 0 aromatic heterocycles. The van der Waals surface area contributed by atoms with Crippen molar-refractivity contribution in [3.05, 3.63) is 29.6 Å². The first-order valence-electron chi connectivity index (χ1n) is 7.24. The molecule has 0 spiro atoms.